The average Bonchev–Trinajstić information content (AvgIpc) is 3.08. The maximum absolute atomic E-state index is 3.59. The molecule has 0 radical (unpaired) electrons. The summed E-state index contributed by atoms with van der Waals surface area (Å²) >= 11 is 1.76. The summed E-state index contributed by atoms with van der Waals surface area (Å²) in [6, 6.07) is 11.7. The molecular weight excluding hydrogens is 276 g/mol. The molecule has 2 aromatic rings. The van der Waals surface area contributed by atoms with E-state index in [4.69, 9.17) is 0 Å². The number of rotatable bonds is 5. The lowest BCUT2D eigenvalue weighted by Gasteiger charge is -2.28. The van der Waals surface area contributed by atoms with Crippen LogP contribution in [0.1, 0.15) is 43.4 Å². The van der Waals surface area contributed by atoms with E-state index in [1.165, 1.54) is 49.2 Å². The van der Waals surface area contributed by atoms with Crippen LogP contribution in [-0.4, -0.2) is 13.1 Å². The molecule has 0 bridgehead atoms. The van der Waals surface area contributed by atoms with Gasteiger partial charge in [-0.2, -0.15) is 11.3 Å². The van der Waals surface area contributed by atoms with Gasteiger partial charge in [-0.3, -0.25) is 0 Å². The first-order valence-electron chi connectivity index (χ1n) is 7.92. The summed E-state index contributed by atoms with van der Waals surface area (Å²) in [6.45, 7) is 5.58. The minimum atomic E-state index is 0.415. The van der Waals surface area contributed by atoms with Crippen LogP contribution in [0.2, 0.25) is 0 Å². The third-order valence-electron chi connectivity index (χ3n) is 4.31. The molecule has 1 unspecified atom stereocenters. The zero-order valence-corrected chi connectivity index (χ0v) is 13.5. The monoisotopic (exact) mass is 300 g/mol. The molecule has 1 fully saturated rings. The first-order valence-corrected chi connectivity index (χ1v) is 8.86. The maximum atomic E-state index is 3.59. The molecule has 0 amide bonds. The highest BCUT2D eigenvalue weighted by Crippen LogP contribution is 2.21. The van der Waals surface area contributed by atoms with Gasteiger partial charge in [0.15, 0.2) is 0 Å². The van der Waals surface area contributed by atoms with Crippen LogP contribution in [0.15, 0.2) is 41.1 Å². The fourth-order valence-corrected chi connectivity index (χ4v) is 3.64. The molecule has 2 nitrogen and oxygen atoms in total. The summed E-state index contributed by atoms with van der Waals surface area (Å²) in [5.41, 5.74) is 4.12. The number of hydrogen-bond acceptors (Lipinski definition) is 3. The second kappa shape index (κ2) is 7.10. The first kappa shape index (κ1) is 14.6. The van der Waals surface area contributed by atoms with E-state index in [2.05, 4.69) is 58.2 Å². The predicted molar refractivity (Wildman–Crippen MR) is 92.1 cm³/mol. The molecule has 0 spiro atoms. The topological polar surface area (TPSA) is 15.3 Å². The van der Waals surface area contributed by atoms with E-state index in [0.717, 1.165) is 6.54 Å². The second-order valence-electron chi connectivity index (χ2n) is 5.87. The number of thiophene rings is 1. The molecule has 1 aliphatic rings. The van der Waals surface area contributed by atoms with Crippen molar-refractivity contribution in [1.82, 2.24) is 5.32 Å². The van der Waals surface area contributed by atoms with Crippen LogP contribution in [0.4, 0.5) is 5.69 Å². The van der Waals surface area contributed by atoms with E-state index in [0.29, 0.717) is 6.04 Å². The molecule has 1 N–H and O–H groups in total. The lowest BCUT2D eigenvalue weighted by Crippen LogP contribution is -2.29. The highest BCUT2D eigenvalue weighted by molar-refractivity contribution is 7.07. The van der Waals surface area contributed by atoms with Gasteiger partial charge in [-0.15, -0.1) is 0 Å². The van der Waals surface area contributed by atoms with E-state index in [1.807, 2.05) is 0 Å². The molecule has 1 saturated heterocycles. The smallest absolute Gasteiger partial charge is 0.0366 e. The van der Waals surface area contributed by atoms with Gasteiger partial charge in [0.2, 0.25) is 0 Å². The summed E-state index contributed by atoms with van der Waals surface area (Å²) in [7, 11) is 0. The van der Waals surface area contributed by atoms with Crippen molar-refractivity contribution in [3.63, 3.8) is 0 Å². The molecule has 3 heteroatoms. The molecular formula is C18H24N2S. The van der Waals surface area contributed by atoms with E-state index < -0.39 is 0 Å². The molecule has 0 aliphatic carbocycles. The van der Waals surface area contributed by atoms with E-state index in [-0.39, 0.29) is 0 Å². The number of nitrogens with zero attached hydrogens (tertiary/aromatic N) is 1. The lowest BCUT2D eigenvalue weighted by atomic mass is 10.1. The Kier molecular flexibility index (Phi) is 4.94. The van der Waals surface area contributed by atoms with E-state index in [9.17, 15) is 0 Å². The highest BCUT2D eigenvalue weighted by atomic mass is 32.1. The van der Waals surface area contributed by atoms with Crippen molar-refractivity contribution in [2.45, 2.75) is 38.8 Å². The van der Waals surface area contributed by atoms with Crippen LogP contribution in [0, 0.1) is 0 Å². The maximum Gasteiger partial charge on any atom is 0.0366 e. The fraction of sp³-hybridized carbons (Fsp3) is 0.444. The van der Waals surface area contributed by atoms with Gasteiger partial charge in [0.25, 0.3) is 0 Å². The van der Waals surface area contributed by atoms with Gasteiger partial charge in [0, 0.05) is 31.4 Å². The fourth-order valence-electron chi connectivity index (χ4n) is 2.89. The molecule has 21 heavy (non-hydrogen) atoms. The van der Waals surface area contributed by atoms with Crippen molar-refractivity contribution >= 4 is 17.0 Å². The largest absolute Gasteiger partial charge is 0.372 e. The molecule has 1 aliphatic heterocycles. The van der Waals surface area contributed by atoms with E-state index in [1.54, 1.807) is 11.3 Å². The molecule has 2 heterocycles. The van der Waals surface area contributed by atoms with Gasteiger partial charge >= 0.3 is 0 Å². The molecule has 1 aromatic heterocycles. The van der Waals surface area contributed by atoms with Crippen molar-refractivity contribution in [1.29, 1.82) is 0 Å². The molecule has 112 valence electrons. The molecule has 0 saturated carbocycles. The van der Waals surface area contributed by atoms with Crippen molar-refractivity contribution in [2.24, 2.45) is 0 Å². The predicted octanol–water partition coefficient (Wildman–Crippen LogP) is 4.59. The van der Waals surface area contributed by atoms with Crippen LogP contribution >= 0.6 is 11.3 Å². The molecule has 1 aromatic carbocycles. The molecule has 3 rings (SSSR count). The summed E-state index contributed by atoms with van der Waals surface area (Å²) in [6.07, 6.45) is 4.06. The Labute approximate surface area is 131 Å². The van der Waals surface area contributed by atoms with E-state index >= 15 is 0 Å². The minimum Gasteiger partial charge on any atom is -0.372 e. The quantitative estimate of drug-likeness (QED) is 0.869. The van der Waals surface area contributed by atoms with Gasteiger partial charge in [0.1, 0.15) is 0 Å². The number of anilines is 1. The highest BCUT2D eigenvalue weighted by Gasteiger charge is 2.10. The Morgan fingerprint density at radius 3 is 2.52 bits per heavy atom. The standard InChI is InChI=1S/C18H24N2S/c1-15(17-9-12-21-14-17)19-13-16-5-7-18(8-6-16)20-10-3-2-4-11-20/h5-9,12,14-15,19H,2-4,10-11,13H2,1H3. The van der Waals surface area contributed by atoms with Crippen molar-refractivity contribution < 1.29 is 0 Å². The van der Waals surface area contributed by atoms with Crippen LogP contribution in [-0.2, 0) is 6.54 Å². The van der Waals surface area contributed by atoms with Crippen LogP contribution in [0.25, 0.3) is 0 Å². The Balaban J connectivity index is 1.54. The van der Waals surface area contributed by atoms with Crippen molar-refractivity contribution in [3.8, 4) is 0 Å². The summed E-state index contributed by atoms with van der Waals surface area (Å²) in [5.74, 6) is 0. The Morgan fingerprint density at radius 1 is 1.10 bits per heavy atom. The summed E-state index contributed by atoms with van der Waals surface area (Å²) < 4.78 is 0. The van der Waals surface area contributed by atoms with Gasteiger partial charge in [-0.05, 0) is 66.3 Å². The number of hydrogen-bond donors (Lipinski definition) is 1. The Morgan fingerprint density at radius 2 is 1.86 bits per heavy atom. The van der Waals surface area contributed by atoms with Crippen molar-refractivity contribution in [2.75, 3.05) is 18.0 Å². The van der Waals surface area contributed by atoms with Gasteiger partial charge in [-0.1, -0.05) is 12.1 Å². The Bertz CT molecular complexity index is 527. The summed E-state index contributed by atoms with van der Waals surface area (Å²) in [4.78, 5) is 2.51. The third kappa shape index (κ3) is 3.86. The zero-order chi connectivity index (χ0) is 14.5. The van der Waals surface area contributed by atoms with Gasteiger partial charge in [-0.25, -0.2) is 0 Å². The Hall–Kier alpha value is -1.32. The first-order chi connectivity index (χ1) is 10.3. The van der Waals surface area contributed by atoms with Crippen LogP contribution in [0.5, 0.6) is 0 Å². The lowest BCUT2D eigenvalue weighted by molar-refractivity contribution is 0.573. The van der Waals surface area contributed by atoms with Gasteiger partial charge in [0.05, 0.1) is 0 Å². The number of nitrogens with one attached hydrogen (secondary N) is 1. The summed E-state index contributed by atoms with van der Waals surface area (Å²) in [5, 5.41) is 7.95. The van der Waals surface area contributed by atoms with Crippen molar-refractivity contribution in [3.05, 3.63) is 52.2 Å². The van der Waals surface area contributed by atoms with Crippen LogP contribution in [0.3, 0.4) is 0 Å². The van der Waals surface area contributed by atoms with Gasteiger partial charge < -0.3 is 10.2 Å². The average molecular weight is 300 g/mol. The number of piperidine rings is 1. The SMILES string of the molecule is CC(NCc1ccc(N2CCCCC2)cc1)c1ccsc1. The zero-order valence-electron chi connectivity index (χ0n) is 12.7. The molecule has 1 atom stereocenters. The third-order valence-corrected chi connectivity index (χ3v) is 5.01. The second-order valence-corrected chi connectivity index (χ2v) is 6.65. The minimum absolute atomic E-state index is 0.415. The normalized spacial score (nSPS) is 16.9. The number of benzene rings is 1. The van der Waals surface area contributed by atoms with Crippen LogP contribution < -0.4 is 10.2 Å².